The largest absolute Gasteiger partial charge is 0.493 e. The van der Waals surface area contributed by atoms with Gasteiger partial charge in [-0.1, -0.05) is 24.3 Å². The Balaban J connectivity index is 1.93. The molecule has 1 heterocycles. The molecule has 2 aromatic carbocycles. The van der Waals surface area contributed by atoms with E-state index < -0.39 is 5.97 Å². The highest BCUT2D eigenvalue weighted by Crippen LogP contribution is 2.42. The van der Waals surface area contributed by atoms with E-state index in [1.54, 1.807) is 45.4 Å². The molecule has 1 aromatic heterocycles. The predicted octanol–water partition coefficient (Wildman–Crippen LogP) is 4.93. The first-order valence-electron chi connectivity index (χ1n) is 9.99. The average Bonchev–Trinajstić information content (AvgIpc) is 3.13. The van der Waals surface area contributed by atoms with Gasteiger partial charge in [-0.05, 0) is 43.7 Å². The van der Waals surface area contributed by atoms with Gasteiger partial charge in [-0.25, -0.2) is 4.79 Å². The molecule has 1 amide bonds. The first kappa shape index (κ1) is 23.1. The van der Waals surface area contributed by atoms with Crippen LogP contribution in [0, 0.1) is 6.92 Å². The van der Waals surface area contributed by atoms with E-state index in [9.17, 15) is 9.59 Å². The van der Waals surface area contributed by atoms with Crippen molar-refractivity contribution in [3.63, 3.8) is 0 Å². The molecule has 7 nitrogen and oxygen atoms in total. The number of hydrogen-bond donors (Lipinski definition) is 1. The molecule has 0 atom stereocenters. The average molecular weight is 456 g/mol. The fourth-order valence-electron chi connectivity index (χ4n) is 3.20. The van der Waals surface area contributed by atoms with E-state index in [1.807, 2.05) is 31.2 Å². The monoisotopic (exact) mass is 455 g/mol. The second-order valence-corrected chi connectivity index (χ2v) is 7.90. The third-order valence-corrected chi connectivity index (χ3v) is 5.62. The Kier molecular flexibility index (Phi) is 7.72. The van der Waals surface area contributed by atoms with E-state index in [0.29, 0.717) is 33.4 Å². The number of carbonyl (C=O) groups is 2. The lowest BCUT2D eigenvalue weighted by Crippen LogP contribution is -2.21. The number of benzene rings is 2. The van der Waals surface area contributed by atoms with Crippen LogP contribution in [0.1, 0.15) is 22.2 Å². The SMILES string of the molecule is CCOC(=O)c1c(NC(=O)COc2ccccc2)sc(C)c1-c1ccc(OC)c(OC)c1. The summed E-state index contributed by atoms with van der Waals surface area (Å²) >= 11 is 1.30. The maximum atomic E-state index is 12.9. The molecular weight excluding hydrogens is 430 g/mol. The first-order chi connectivity index (χ1) is 15.5. The Morgan fingerprint density at radius 3 is 2.38 bits per heavy atom. The van der Waals surface area contributed by atoms with Crippen molar-refractivity contribution in [2.45, 2.75) is 13.8 Å². The summed E-state index contributed by atoms with van der Waals surface area (Å²) in [6.07, 6.45) is 0. The zero-order chi connectivity index (χ0) is 23.1. The van der Waals surface area contributed by atoms with Gasteiger partial charge in [-0.15, -0.1) is 11.3 Å². The highest BCUT2D eigenvalue weighted by Gasteiger charge is 2.26. The van der Waals surface area contributed by atoms with Crippen molar-refractivity contribution in [2.75, 3.05) is 32.8 Å². The van der Waals surface area contributed by atoms with E-state index >= 15 is 0 Å². The van der Waals surface area contributed by atoms with Crippen LogP contribution in [-0.4, -0.2) is 39.3 Å². The van der Waals surface area contributed by atoms with Crippen LogP contribution in [0.15, 0.2) is 48.5 Å². The van der Waals surface area contributed by atoms with Crippen molar-refractivity contribution in [3.05, 3.63) is 59.0 Å². The Labute approximate surface area is 190 Å². The molecule has 0 aliphatic rings. The maximum absolute atomic E-state index is 12.9. The summed E-state index contributed by atoms with van der Waals surface area (Å²) in [5.41, 5.74) is 1.73. The molecule has 0 spiro atoms. The number of ether oxygens (including phenoxy) is 4. The molecule has 0 unspecified atom stereocenters. The molecule has 1 N–H and O–H groups in total. The number of thiophene rings is 1. The van der Waals surface area contributed by atoms with Crippen molar-refractivity contribution in [1.29, 1.82) is 0 Å². The van der Waals surface area contributed by atoms with Crippen molar-refractivity contribution in [2.24, 2.45) is 0 Å². The van der Waals surface area contributed by atoms with Crippen molar-refractivity contribution in [1.82, 2.24) is 0 Å². The number of rotatable bonds is 9. The lowest BCUT2D eigenvalue weighted by molar-refractivity contribution is -0.118. The van der Waals surface area contributed by atoms with Crippen LogP contribution >= 0.6 is 11.3 Å². The lowest BCUT2D eigenvalue weighted by Gasteiger charge is -2.12. The number of esters is 1. The second kappa shape index (κ2) is 10.7. The van der Waals surface area contributed by atoms with Crippen LogP contribution in [-0.2, 0) is 9.53 Å². The van der Waals surface area contributed by atoms with Gasteiger partial charge in [0.25, 0.3) is 5.91 Å². The molecule has 0 saturated heterocycles. The van der Waals surface area contributed by atoms with E-state index in [4.69, 9.17) is 18.9 Å². The summed E-state index contributed by atoms with van der Waals surface area (Å²) in [5, 5.41) is 3.21. The standard InChI is InChI=1S/C24H25NO6S/c1-5-30-24(27)22-21(16-11-12-18(28-3)19(13-16)29-4)15(2)32-23(22)25-20(26)14-31-17-9-7-6-8-10-17/h6-13H,5,14H2,1-4H3,(H,25,26). The first-order valence-corrected chi connectivity index (χ1v) is 10.8. The normalized spacial score (nSPS) is 10.4. The molecule has 8 heteroatoms. The summed E-state index contributed by atoms with van der Waals surface area (Å²) in [7, 11) is 3.11. The fourth-order valence-corrected chi connectivity index (χ4v) is 4.28. The van der Waals surface area contributed by atoms with Crippen LogP contribution in [0.25, 0.3) is 11.1 Å². The minimum atomic E-state index is -0.513. The highest BCUT2D eigenvalue weighted by molar-refractivity contribution is 7.17. The third-order valence-electron chi connectivity index (χ3n) is 4.60. The van der Waals surface area contributed by atoms with Gasteiger partial charge in [-0.3, -0.25) is 4.79 Å². The van der Waals surface area contributed by atoms with Gasteiger partial charge in [0.05, 0.1) is 20.8 Å². The molecule has 0 aliphatic carbocycles. The Bertz CT molecular complexity index is 1090. The van der Waals surface area contributed by atoms with Gasteiger partial charge in [0.15, 0.2) is 18.1 Å². The van der Waals surface area contributed by atoms with E-state index in [0.717, 1.165) is 10.4 Å². The maximum Gasteiger partial charge on any atom is 0.341 e. The zero-order valence-corrected chi connectivity index (χ0v) is 19.2. The summed E-state index contributed by atoms with van der Waals surface area (Å²) < 4.78 is 21.5. The number of carbonyl (C=O) groups excluding carboxylic acids is 2. The van der Waals surface area contributed by atoms with E-state index in [2.05, 4.69) is 5.32 Å². The number of methoxy groups -OCH3 is 2. The molecule has 3 aromatic rings. The van der Waals surface area contributed by atoms with Crippen molar-refractivity contribution >= 4 is 28.2 Å². The summed E-state index contributed by atoms with van der Waals surface area (Å²) in [6.45, 7) is 3.65. The molecule has 168 valence electrons. The minimum Gasteiger partial charge on any atom is -0.493 e. The second-order valence-electron chi connectivity index (χ2n) is 6.68. The Hall–Kier alpha value is -3.52. The van der Waals surface area contributed by atoms with Gasteiger partial charge in [0, 0.05) is 10.4 Å². The third kappa shape index (κ3) is 5.20. The number of aryl methyl sites for hydroxylation is 1. The quantitative estimate of drug-likeness (QED) is 0.461. The van der Waals surface area contributed by atoms with E-state index in [1.165, 1.54) is 11.3 Å². The van der Waals surface area contributed by atoms with Crippen molar-refractivity contribution in [3.8, 4) is 28.4 Å². The van der Waals surface area contributed by atoms with Gasteiger partial charge >= 0.3 is 5.97 Å². The van der Waals surface area contributed by atoms with Crippen molar-refractivity contribution < 1.29 is 28.5 Å². The number of anilines is 1. The van der Waals surface area contributed by atoms with Gasteiger partial charge in [-0.2, -0.15) is 0 Å². The number of hydrogen-bond acceptors (Lipinski definition) is 7. The number of nitrogens with one attached hydrogen (secondary N) is 1. The van der Waals surface area contributed by atoms with Crippen LogP contribution in [0.3, 0.4) is 0 Å². The summed E-state index contributed by atoms with van der Waals surface area (Å²) in [4.78, 5) is 26.2. The highest BCUT2D eigenvalue weighted by atomic mass is 32.1. The molecule has 0 fully saturated rings. The van der Waals surface area contributed by atoms with Gasteiger partial charge in [0.1, 0.15) is 16.3 Å². The lowest BCUT2D eigenvalue weighted by atomic mass is 10.0. The topological polar surface area (TPSA) is 83.1 Å². The molecule has 0 bridgehead atoms. The number of amides is 1. The van der Waals surface area contributed by atoms with E-state index in [-0.39, 0.29) is 19.1 Å². The molecule has 32 heavy (non-hydrogen) atoms. The fraction of sp³-hybridized carbons (Fsp3) is 0.250. The van der Waals surface area contributed by atoms with Gasteiger partial charge in [0.2, 0.25) is 0 Å². The van der Waals surface area contributed by atoms with Crippen LogP contribution in [0.4, 0.5) is 5.00 Å². The minimum absolute atomic E-state index is 0.186. The van der Waals surface area contributed by atoms with Crippen LogP contribution in [0.2, 0.25) is 0 Å². The molecular formula is C24H25NO6S. The molecule has 3 rings (SSSR count). The molecule has 0 radical (unpaired) electrons. The summed E-state index contributed by atoms with van der Waals surface area (Å²) in [6, 6.07) is 14.4. The van der Waals surface area contributed by atoms with Crippen LogP contribution in [0.5, 0.6) is 17.2 Å². The molecule has 0 saturated carbocycles. The zero-order valence-electron chi connectivity index (χ0n) is 18.4. The predicted molar refractivity (Wildman–Crippen MR) is 124 cm³/mol. The van der Waals surface area contributed by atoms with Gasteiger partial charge < -0.3 is 24.3 Å². The molecule has 0 aliphatic heterocycles. The Morgan fingerprint density at radius 2 is 1.72 bits per heavy atom. The summed E-state index contributed by atoms with van der Waals surface area (Å²) in [5.74, 6) is 0.808. The number of para-hydroxylation sites is 1. The van der Waals surface area contributed by atoms with Crippen LogP contribution < -0.4 is 19.5 Å². The smallest absolute Gasteiger partial charge is 0.341 e. The Morgan fingerprint density at radius 1 is 1.00 bits per heavy atom.